The number of amides is 2. The molecule has 0 bridgehead atoms. The second-order valence-corrected chi connectivity index (χ2v) is 10.2. The summed E-state index contributed by atoms with van der Waals surface area (Å²) < 4.78 is 55.4. The second-order valence-electron chi connectivity index (χ2n) is 8.11. The normalized spacial score (nSPS) is 17.6. The molecule has 0 saturated carbocycles. The van der Waals surface area contributed by atoms with Crippen molar-refractivity contribution in [3.63, 3.8) is 0 Å². The van der Waals surface area contributed by atoms with Crippen molar-refractivity contribution >= 4 is 51.1 Å². The second kappa shape index (κ2) is 10.6. The summed E-state index contributed by atoms with van der Waals surface area (Å²) in [5.41, 5.74) is -0.397. The molecule has 2 aromatic rings. The van der Waals surface area contributed by atoms with Crippen LogP contribution in [0.1, 0.15) is 23.0 Å². The zero-order valence-corrected chi connectivity index (χ0v) is 20.7. The minimum atomic E-state index is -3.44. The van der Waals surface area contributed by atoms with Crippen LogP contribution in [-0.4, -0.2) is 65.0 Å². The van der Waals surface area contributed by atoms with Gasteiger partial charge in [-0.3, -0.25) is 13.9 Å². The van der Waals surface area contributed by atoms with E-state index in [4.69, 9.17) is 0 Å². The molecule has 1 fully saturated rings. The van der Waals surface area contributed by atoms with Crippen LogP contribution in [0.25, 0.3) is 0 Å². The highest BCUT2D eigenvalue weighted by molar-refractivity contribution is 8.13. The van der Waals surface area contributed by atoms with Crippen molar-refractivity contribution in [1.82, 2.24) is 9.47 Å². The number of aryl methyl sites for hydroxylation is 2. The number of carboxylic acid groups (broad SMARTS) is 1. The molecule has 1 saturated heterocycles. The van der Waals surface area contributed by atoms with Crippen molar-refractivity contribution in [1.29, 1.82) is 0 Å². The number of anilines is 2. The number of likely N-dealkylation sites (tertiary alicyclic amines) is 1. The summed E-state index contributed by atoms with van der Waals surface area (Å²) in [4.78, 5) is 36.8. The van der Waals surface area contributed by atoms with Gasteiger partial charge in [-0.05, 0) is 30.7 Å². The van der Waals surface area contributed by atoms with Gasteiger partial charge in [-0.25, -0.2) is 22.0 Å². The summed E-state index contributed by atoms with van der Waals surface area (Å²) in [5.74, 6) is -2.93. The molecule has 2 atom stereocenters. The van der Waals surface area contributed by atoms with Crippen molar-refractivity contribution in [3.05, 3.63) is 47.3 Å². The summed E-state index contributed by atoms with van der Waals surface area (Å²) in [6, 6.07) is 2.84. The van der Waals surface area contributed by atoms with Crippen molar-refractivity contribution in [2.45, 2.75) is 19.9 Å². The zero-order chi connectivity index (χ0) is 26.0. The van der Waals surface area contributed by atoms with Crippen molar-refractivity contribution in [2.24, 2.45) is 13.0 Å². The van der Waals surface area contributed by atoms with Gasteiger partial charge in [0.05, 0.1) is 6.04 Å². The number of rotatable bonds is 7. The number of thiol groups is 1. The molecular weight excluding hydrogens is 506 g/mol. The van der Waals surface area contributed by atoms with Gasteiger partial charge in [0.15, 0.2) is 10.9 Å². The Hall–Kier alpha value is -3.13. The van der Waals surface area contributed by atoms with Crippen LogP contribution in [0.5, 0.6) is 0 Å². The fraction of sp³-hybridized carbons (Fsp3) is 0.381. The Labute approximate surface area is 206 Å². The highest BCUT2D eigenvalue weighted by Crippen LogP contribution is 2.33. The minimum Gasteiger partial charge on any atom is -0.465 e. The fourth-order valence-corrected chi connectivity index (χ4v) is 5.57. The summed E-state index contributed by atoms with van der Waals surface area (Å²) in [6.45, 7) is 2.57. The van der Waals surface area contributed by atoms with E-state index in [9.17, 15) is 32.3 Å². The van der Waals surface area contributed by atoms with Crippen LogP contribution >= 0.6 is 11.8 Å². The lowest BCUT2D eigenvalue weighted by atomic mass is 10.1. The Balaban J connectivity index is 1.95. The first-order chi connectivity index (χ1) is 16.4. The predicted molar refractivity (Wildman–Crippen MR) is 127 cm³/mol. The lowest BCUT2D eigenvalue weighted by Gasteiger charge is -2.27. The SMILES string of the molecule is CC(=O)SC[C@@H]1CN(C(=O)O)C[C@@H]1N(c1cn(C)c(C(=O)Nc2ccc(F)c(C)c2)c1F)[SH](=O)=O. The minimum absolute atomic E-state index is 0.0360. The number of carbonyl (C=O) groups excluding carboxylic acids is 2. The molecular formula is C21H24F2N4O6S2. The van der Waals surface area contributed by atoms with Crippen LogP contribution in [-0.2, 0) is 22.7 Å². The van der Waals surface area contributed by atoms with Crippen LogP contribution in [0.2, 0.25) is 0 Å². The molecule has 0 unspecified atom stereocenters. The molecule has 35 heavy (non-hydrogen) atoms. The molecule has 190 valence electrons. The molecule has 10 nitrogen and oxygen atoms in total. The number of benzene rings is 1. The van der Waals surface area contributed by atoms with Gasteiger partial charge in [-0.15, -0.1) is 0 Å². The van der Waals surface area contributed by atoms with Gasteiger partial charge < -0.3 is 19.9 Å². The van der Waals surface area contributed by atoms with Gasteiger partial charge in [0.25, 0.3) is 5.91 Å². The molecule has 1 aromatic heterocycles. The summed E-state index contributed by atoms with van der Waals surface area (Å²) >= 11 is 0.919. The van der Waals surface area contributed by atoms with E-state index >= 15 is 4.39 Å². The number of nitrogens with zero attached hydrogens (tertiary/aromatic N) is 3. The Kier molecular flexibility index (Phi) is 8.05. The number of carbonyl (C=O) groups is 3. The molecule has 3 rings (SSSR count). The van der Waals surface area contributed by atoms with E-state index in [1.54, 1.807) is 0 Å². The standard InChI is InChI=1S/C21H24F2N4O6S2/c1-11-6-14(4-5-15(11)22)24-20(29)19-18(23)17(8-25(19)3)27(35(32)33)16-9-26(21(30)31)7-13(16)10-34-12(2)28/h4-6,8,13,16,35H,7,9-10H2,1-3H3,(H,24,29)(H,30,31)/t13-,16-/m0/s1. The molecule has 0 aliphatic carbocycles. The van der Waals surface area contributed by atoms with Crippen LogP contribution in [0.4, 0.5) is 25.0 Å². The van der Waals surface area contributed by atoms with Gasteiger partial charge in [0.1, 0.15) is 17.2 Å². The highest BCUT2D eigenvalue weighted by Gasteiger charge is 2.42. The zero-order valence-electron chi connectivity index (χ0n) is 19.0. The van der Waals surface area contributed by atoms with Gasteiger partial charge in [0, 0.05) is 50.6 Å². The van der Waals surface area contributed by atoms with E-state index in [0.29, 0.717) is 0 Å². The molecule has 14 heteroatoms. The molecule has 1 aliphatic rings. The number of thioether (sulfide) groups is 1. The quantitative estimate of drug-likeness (QED) is 0.469. The first-order valence-electron chi connectivity index (χ1n) is 10.4. The highest BCUT2D eigenvalue weighted by atomic mass is 32.2. The maximum absolute atomic E-state index is 15.5. The Morgan fingerprint density at radius 2 is 1.94 bits per heavy atom. The molecule has 2 amide bonds. The Morgan fingerprint density at radius 1 is 1.26 bits per heavy atom. The molecule has 0 radical (unpaired) electrons. The van der Waals surface area contributed by atoms with Crippen LogP contribution in [0, 0.1) is 24.5 Å². The topological polar surface area (TPSA) is 129 Å². The number of halogens is 2. The van der Waals surface area contributed by atoms with E-state index < -0.39 is 57.9 Å². The molecule has 0 spiro atoms. The molecule has 2 N–H and O–H groups in total. The van der Waals surface area contributed by atoms with Gasteiger partial charge in [0.2, 0.25) is 10.9 Å². The van der Waals surface area contributed by atoms with Crippen LogP contribution in [0.3, 0.4) is 0 Å². The van der Waals surface area contributed by atoms with Gasteiger partial charge in [-0.1, -0.05) is 11.8 Å². The van der Waals surface area contributed by atoms with Gasteiger partial charge >= 0.3 is 6.09 Å². The Morgan fingerprint density at radius 3 is 2.51 bits per heavy atom. The van der Waals surface area contributed by atoms with E-state index in [2.05, 4.69) is 5.32 Å². The average molecular weight is 531 g/mol. The summed E-state index contributed by atoms with van der Waals surface area (Å²) in [5, 5.41) is 11.6. The number of aromatic nitrogens is 1. The van der Waals surface area contributed by atoms with E-state index in [-0.39, 0.29) is 35.2 Å². The van der Waals surface area contributed by atoms with E-state index in [1.165, 1.54) is 33.0 Å². The largest absolute Gasteiger partial charge is 0.465 e. The molecule has 2 heterocycles. The van der Waals surface area contributed by atoms with Crippen LogP contribution < -0.4 is 9.62 Å². The number of hydrogen-bond acceptors (Lipinski definition) is 6. The third-order valence-corrected chi connectivity index (χ3v) is 7.51. The maximum atomic E-state index is 15.5. The molecule has 1 aromatic carbocycles. The van der Waals surface area contributed by atoms with Crippen molar-refractivity contribution < 1.29 is 36.7 Å². The smallest absolute Gasteiger partial charge is 0.407 e. The number of nitrogens with one attached hydrogen (secondary N) is 1. The van der Waals surface area contributed by atoms with Crippen LogP contribution in [0.15, 0.2) is 24.4 Å². The first kappa shape index (κ1) is 26.5. The van der Waals surface area contributed by atoms with Crippen molar-refractivity contribution in [3.8, 4) is 0 Å². The predicted octanol–water partition coefficient (Wildman–Crippen LogP) is 2.45. The third kappa shape index (κ3) is 5.75. The monoisotopic (exact) mass is 530 g/mol. The average Bonchev–Trinajstić information content (AvgIpc) is 3.30. The van der Waals surface area contributed by atoms with Crippen molar-refractivity contribution in [2.75, 3.05) is 28.5 Å². The fourth-order valence-electron chi connectivity index (χ4n) is 3.98. The summed E-state index contributed by atoms with van der Waals surface area (Å²) in [6.07, 6.45) is -0.140. The lowest BCUT2D eigenvalue weighted by molar-refractivity contribution is -0.109. The number of hydrogen-bond donors (Lipinski definition) is 3. The molecule has 1 aliphatic heterocycles. The third-order valence-electron chi connectivity index (χ3n) is 5.65. The Bertz CT molecular complexity index is 1240. The lowest BCUT2D eigenvalue weighted by Crippen LogP contribution is -2.41. The van der Waals surface area contributed by atoms with Gasteiger partial charge in [-0.2, -0.15) is 0 Å². The maximum Gasteiger partial charge on any atom is 0.407 e. The van der Waals surface area contributed by atoms with E-state index in [0.717, 1.165) is 37.8 Å². The first-order valence-corrected chi connectivity index (χ1v) is 12.5. The van der Waals surface area contributed by atoms with E-state index in [1.807, 2.05) is 0 Å². The summed E-state index contributed by atoms with van der Waals surface area (Å²) in [7, 11) is -2.08.